The maximum absolute atomic E-state index is 13.5. The number of hydrogen-bond donors (Lipinski definition) is 0. The van der Waals surface area contributed by atoms with Crippen molar-refractivity contribution in [3.8, 4) is 0 Å². The molecular formula is C21H19BrN2O3S. The summed E-state index contributed by atoms with van der Waals surface area (Å²) in [5.41, 5.74) is 2.35. The first kappa shape index (κ1) is 19.1. The van der Waals surface area contributed by atoms with Crippen LogP contribution < -0.4 is 0 Å². The van der Waals surface area contributed by atoms with Crippen LogP contribution in [-0.4, -0.2) is 29.6 Å². The molecule has 28 heavy (non-hydrogen) atoms. The molecule has 4 rings (SSSR count). The summed E-state index contributed by atoms with van der Waals surface area (Å²) < 4.78 is 31.5. The molecule has 0 N–H and O–H groups in total. The monoisotopic (exact) mass is 458 g/mol. The van der Waals surface area contributed by atoms with Gasteiger partial charge in [-0.2, -0.15) is 4.31 Å². The third-order valence-electron chi connectivity index (χ3n) is 5.05. The van der Waals surface area contributed by atoms with Gasteiger partial charge in [0.15, 0.2) is 5.78 Å². The largest absolute Gasteiger partial charge is 0.348 e. The van der Waals surface area contributed by atoms with Gasteiger partial charge in [-0.25, -0.2) is 8.42 Å². The lowest BCUT2D eigenvalue weighted by atomic mass is 10.0. The summed E-state index contributed by atoms with van der Waals surface area (Å²) in [5.74, 6) is -0.0903. The quantitative estimate of drug-likeness (QED) is 0.549. The summed E-state index contributed by atoms with van der Waals surface area (Å²) in [4.78, 5) is 11.7. The molecule has 0 radical (unpaired) electrons. The number of benzene rings is 2. The molecule has 0 aliphatic carbocycles. The van der Waals surface area contributed by atoms with E-state index in [1.807, 2.05) is 42.6 Å². The van der Waals surface area contributed by atoms with Crippen molar-refractivity contribution in [2.45, 2.75) is 24.4 Å². The summed E-state index contributed by atoms with van der Waals surface area (Å²) in [6.07, 6.45) is 1.98. The maximum Gasteiger partial charge on any atom is 0.244 e. The predicted octanol–water partition coefficient (Wildman–Crippen LogP) is 4.25. The number of rotatable bonds is 4. The van der Waals surface area contributed by atoms with Crippen molar-refractivity contribution in [3.63, 3.8) is 0 Å². The number of halogens is 1. The van der Waals surface area contributed by atoms with E-state index < -0.39 is 16.1 Å². The van der Waals surface area contributed by atoms with Gasteiger partial charge >= 0.3 is 0 Å². The van der Waals surface area contributed by atoms with Crippen molar-refractivity contribution < 1.29 is 13.2 Å². The van der Waals surface area contributed by atoms with Crippen LogP contribution in [-0.2, 0) is 16.6 Å². The van der Waals surface area contributed by atoms with Gasteiger partial charge in [0.05, 0.1) is 10.9 Å². The van der Waals surface area contributed by atoms with Crippen molar-refractivity contribution in [1.29, 1.82) is 0 Å². The fourth-order valence-corrected chi connectivity index (χ4v) is 5.44. The first-order valence-corrected chi connectivity index (χ1v) is 11.1. The Kier molecular flexibility index (Phi) is 4.99. The smallest absolute Gasteiger partial charge is 0.244 e. The van der Waals surface area contributed by atoms with E-state index in [0.717, 1.165) is 15.7 Å². The minimum absolute atomic E-state index is 0.0903. The van der Waals surface area contributed by atoms with E-state index in [0.29, 0.717) is 18.7 Å². The van der Waals surface area contributed by atoms with Gasteiger partial charge in [0.1, 0.15) is 0 Å². The Bertz CT molecular complexity index is 1120. The summed E-state index contributed by atoms with van der Waals surface area (Å²) in [6.45, 7) is 2.44. The van der Waals surface area contributed by atoms with Crippen LogP contribution in [0.2, 0.25) is 0 Å². The van der Waals surface area contributed by atoms with Gasteiger partial charge in [0.2, 0.25) is 10.0 Å². The molecule has 0 spiro atoms. The second-order valence-corrected chi connectivity index (χ2v) is 9.58. The Labute approximate surface area is 172 Å². The third kappa shape index (κ3) is 3.34. The van der Waals surface area contributed by atoms with Gasteiger partial charge in [0.25, 0.3) is 0 Å². The molecule has 7 heteroatoms. The van der Waals surface area contributed by atoms with E-state index >= 15 is 0 Å². The highest BCUT2D eigenvalue weighted by molar-refractivity contribution is 9.10. The predicted molar refractivity (Wildman–Crippen MR) is 111 cm³/mol. The summed E-state index contributed by atoms with van der Waals surface area (Å²) in [7, 11) is -3.74. The van der Waals surface area contributed by atoms with E-state index in [2.05, 4.69) is 20.5 Å². The second-order valence-electron chi connectivity index (χ2n) is 6.78. The Morgan fingerprint density at radius 1 is 1.00 bits per heavy atom. The minimum Gasteiger partial charge on any atom is -0.348 e. The van der Waals surface area contributed by atoms with Gasteiger partial charge in [0, 0.05) is 35.0 Å². The van der Waals surface area contributed by atoms with Gasteiger partial charge in [-0.05, 0) is 48.9 Å². The Balaban J connectivity index is 1.80. The minimum atomic E-state index is -3.74. The lowest BCUT2D eigenvalue weighted by Gasteiger charge is -2.36. The number of Topliss-reactive ketones (excluding diaryl/α,β-unsaturated/α-hetero) is 1. The summed E-state index contributed by atoms with van der Waals surface area (Å²) in [5, 5.41) is 0. The molecule has 0 bridgehead atoms. The lowest BCUT2D eigenvalue weighted by Crippen LogP contribution is -2.42. The molecule has 1 atom stereocenters. The second kappa shape index (κ2) is 7.31. The van der Waals surface area contributed by atoms with Crippen LogP contribution in [0.15, 0.2) is 76.2 Å². The first-order chi connectivity index (χ1) is 13.4. The summed E-state index contributed by atoms with van der Waals surface area (Å²) in [6, 6.07) is 17.4. The van der Waals surface area contributed by atoms with Crippen LogP contribution in [0.3, 0.4) is 0 Å². The van der Waals surface area contributed by atoms with E-state index in [-0.39, 0.29) is 10.7 Å². The highest BCUT2D eigenvalue weighted by atomic mass is 79.9. The van der Waals surface area contributed by atoms with Crippen molar-refractivity contribution in [1.82, 2.24) is 8.87 Å². The zero-order valence-electron chi connectivity index (χ0n) is 15.2. The fraction of sp³-hybridized carbons (Fsp3) is 0.190. The molecule has 0 unspecified atom stereocenters. The van der Waals surface area contributed by atoms with Crippen molar-refractivity contribution in [2.75, 3.05) is 6.54 Å². The molecule has 1 aromatic heterocycles. The Hall–Kier alpha value is -2.22. The van der Waals surface area contributed by atoms with E-state index in [4.69, 9.17) is 0 Å². The van der Waals surface area contributed by atoms with Crippen LogP contribution in [0.25, 0.3) is 0 Å². The maximum atomic E-state index is 13.5. The molecule has 0 fully saturated rings. The number of carbonyl (C=O) groups is 1. The zero-order valence-corrected chi connectivity index (χ0v) is 17.7. The van der Waals surface area contributed by atoms with E-state index in [1.165, 1.54) is 19.1 Å². The molecule has 2 heterocycles. The average molecular weight is 459 g/mol. The molecule has 2 aromatic carbocycles. The number of carbonyl (C=O) groups excluding carboxylic acids is 1. The number of hydrogen-bond acceptors (Lipinski definition) is 3. The number of ketones is 1. The normalized spacial score (nSPS) is 17.3. The van der Waals surface area contributed by atoms with Crippen LogP contribution in [0.5, 0.6) is 0 Å². The van der Waals surface area contributed by atoms with Crippen molar-refractivity contribution >= 4 is 31.7 Å². The Morgan fingerprint density at radius 3 is 2.32 bits per heavy atom. The highest BCUT2D eigenvalue weighted by Gasteiger charge is 2.37. The van der Waals surface area contributed by atoms with Crippen molar-refractivity contribution in [3.05, 3.63) is 88.2 Å². The first-order valence-electron chi connectivity index (χ1n) is 8.91. The Morgan fingerprint density at radius 2 is 1.68 bits per heavy atom. The molecular weight excluding hydrogens is 440 g/mol. The molecule has 0 saturated carbocycles. The van der Waals surface area contributed by atoms with E-state index in [9.17, 15) is 13.2 Å². The van der Waals surface area contributed by atoms with Gasteiger partial charge in [-0.15, -0.1) is 0 Å². The molecule has 0 amide bonds. The number of nitrogens with zero attached hydrogens (tertiary/aromatic N) is 2. The highest BCUT2D eigenvalue weighted by Crippen LogP contribution is 2.36. The topological polar surface area (TPSA) is 59.4 Å². The van der Waals surface area contributed by atoms with Crippen LogP contribution in [0.1, 0.15) is 34.6 Å². The standard InChI is InChI=1S/C21H19BrN2O3S/c1-15(25)16-6-10-19(11-7-16)28(26,27)24-14-13-23-12-2-3-20(23)21(24)17-4-8-18(22)9-5-17/h2-12,21H,13-14H2,1H3/t21-/m1/s1. The van der Waals surface area contributed by atoms with Crippen molar-refractivity contribution in [2.24, 2.45) is 0 Å². The van der Waals surface area contributed by atoms with Gasteiger partial charge in [-0.1, -0.05) is 40.2 Å². The summed E-state index contributed by atoms with van der Waals surface area (Å²) >= 11 is 3.44. The fourth-order valence-electron chi connectivity index (χ4n) is 3.60. The van der Waals surface area contributed by atoms with Crippen LogP contribution >= 0.6 is 15.9 Å². The molecule has 0 saturated heterocycles. The number of aromatic nitrogens is 1. The zero-order chi connectivity index (χ0) is 19.9. The SMILES string of the molecule is CC(=O)c1ccc(S(=O)(=O)N2CCn3cccc3[C@H]2c2ccc(Br)cc2)cc1. The van der Waals surface area contributed by atoms with Gasteiger partial charge < -0.3 is 4.57 Å². The number of fused-ring (bicyclic) bond motifs is 1. The molecule has 3 aromatic rings. The third-order valence-corrected chi connectivity index (χ3v) is 7.45. The van der Waals surface area contributed by atoms with E-state index in [1.54, 1.807) is 16.4 Å². The number of sulfonamides is 1. The molecule has 1 aliphatic heterocycles. The molecule has 5 nitrogen and oxygen atoms in total. The molecule has 144 valence electrons. The van der Waals surface area contributed by atoms with Gasteiger partial charge in [-0.3, -0.25) is 4.79 Å². The van der Waals surface area contributed by atoms with Crippen LogP contribution in [0, 0.1) is 0 Å². The molecule has 1 aliphatic rings. The lowest BCUT2D eigenvalue weighted by molar-refractivity contribution is 0.101. The average Bonchev–Trinajstić information content (AvgIpc) is 3.17. The van der Waals surface area contributed by atoms with Crippen LogP contribution in [0.4, 0.5) is 0 Å².